The van der Waals surface area contributed by atoms with Gasteiger partial charge in [-0.05, 0) is 53.8 Å². The molecule has 0 aliphatic rings. The van der Waals surface area contributed by atoms with Gasteiger partial charge in [0.15, 0.2) is 5.58 Å². The molecule has 19 heavy (non-hydrogen) atoms. The Morgan fingerprint density at radius 3 is 2.84 bits per heavy atom. The summed E-state index contributed by atoms with van der Waals surface area (Å²) in [7, 11) is 1.87. The molecule has 0 spiro atoms. The average Bonchev–Trinajstić information content (AvgIpc) is 2.80. The second-order valence-corrected chi connectivity index (χ2v) is 5.71. The standard InChI is InChI=1S/C13H12IN3O2/c1-8-5-10(16(2)15-8)7-17-11-4-3-9(14)6-12(11)19-13(17)18/h3-6H,7H2,1-2H3. The lowest BCUT2D eigenvalue weighted by Crippen LogP contribution is -2.16. The number of halogens is 1. The largest absolute Gasteiger partial charge is 0.420 e. The van der Waals surface area contributed by atoms with Crippen molar-refractivity contribution in [2.24, 2.45) is 7.05 Å². The molecule has 5 nitrogen and oxygen atoms in total. The highest BCUT2D eigenvalue weighted by molar-refractivity contribution is 14.1. The lowest BCUT2D eigenvalue weighted by atomic mass is 10.3. The predicted octanol–water partition coefficient (Wildman–Crippen LogP) is 2.29. The van der Waals surface area contributed by atoms with E-state index in [1.165, 1.54) is 0 Å². The van der Waals surface area contributed by atoms with Crippen molar-refractivity contribution < 1.29 is 4.42 Å². The van der Waals surface area contributed by atoms with E-state index in [1.54, 1.807) is 9.25 Å². The van der Waals surface area contributed by atoms with E-state index in [0.717, 1.165) is 20.5 Å². The summed E-state index contributed by atoms with van der Waals surface area (Å²) in [6.45, 7) is 2.39. The van der Waals surface area contributed by atoms with Crippen molar-refractivity contribution in [1.82, 2.24) is 14.3 Å². The van der Waals surface area contributed by atoms with Crippen molar-refractivity contribution in [3.63, 3.8) is 0 Å². The Morgan fingerprint density at radius 2 is 2.16 bits per heavy atom. The van der Waals surface area contributed by atoms with Crippen LogP contribution in [-0.4, -0.2) is 14.3 Å². The molecular formula is C13H12IN3O2. The number of nitrogens with zero attached hydrogens (tertiary/aromatic N) is 3. The number of aryl methyl sites for hydroxylation is 2. The molecule has 0 saturated carbocycles. The van der Waals surface area contributed by atoms with E-state index in [9.17, 15) is 4.79 Å². The van der Waals surface area contributed by atoms with Gasteiger partial charge in [-0.25, -0.2) is 4.79 Å². The molecule has 98 valence electrons. The van der Waals surface area contributed by atoms with Crippen molar-refractivity contribution in [3.8, 4) is 0 Å². The van der Waals surface area contributed by atoms with Crippen LogP contribution in [0.3, 0.4) is 0 Å². The third-order valence-electron chi connectivity index (χ3n) is 3.05. The fourth-order valence-corrected chi connectivity index (χ4v) is 2.63. The molecular weight excluding hydrogens is 357 g/mol. The minimum Gasteiger partial charge on any atom is -0.408 e. The Kier molecular flexibility index (Phi) is 2.96. The molecule has 0 saturated heterocycles. The second kappa shape index (κ2) is 4.52. The molecule has 1 aromatic carbocycles. The Labute approximate surface area is 123 Å². The summed E-state index contributed by atoms with van der Waals surface area (Å²) < 4.78 is 9.73. The number of hydrogen-bond acceptors (Lipinski definition) is 3. The first-order chi connectivity index (χ1) is 9.04. The van der Waals surface area contributed by atoms with Gasteiger partial charge in [0.05, 0.1) is 23.4 Å². The van der Waals surface area contributed by atoms with Crippen molar-refractivity contribution in [1.29, 1.82) is 0 Å². The van der Waals surface area contributed by atoms with E-state index >= 15 is 0 Å². The quantitative estimate of drug-likeness (QED) is 0.652. The van der Waals surface area contributed by atoms with Crippen LogP contribution in [0.4, 0.5) is 0 Å². The molecule has 6 heteroatoms. The Bertz CT molecular complexity index is 813. The summed E-state index contributed by atoms with van der Waals surface area (Å²) in [6, 6.07) is 7.70. The first-order valence-electron chi connectivity index (χ1n) is 5.83. The molecule has 3 aromatic rings. The van der Waals surface area contributed by atoms with Crippen molar-refractivity contribution in [2.75, 3.05) is 0 Å². The molecule has 0 aliphatic heterocycles. The minimum absolute atomic E-state index is 0.337. The zero-order valence-corrected chi connectivity index (χ0v) is 12.7. The molecule has 0 bridgehead atoms. The molecule has 0 atom stereocenters. The van der Waals surface area contributed by atoms with E-state index in [0.29, 0.717) is 12.1 Å². The molecule has 0 radical (unpaired) electrons. The number of hydrogen-bond donors (Lipinski definition) is 0. The summed E-state index contributed by atoms with van der Waals surface area (Å²) in [5.74, 6) is -0.337. The van der Waals surface area contributed by atoms with Crippen molar-refractivity contribution in [2.45, 2.75) is 13.5 Å². The predicted molar refractivity (Wildman–Crippen MR) is 80.2 cm³/mol. The topological polar surface area (TPSA) is 53.0 Å². The number of oxazole rings is 1. The zero-order chi connectivity index (χ0) is 13.6. The molecule has 3 rings (SSSR count). The van der Waals surface area contributed by atoms with Gasteiger partial charge in [0.1, 0.15) is 0 Å². The maximum absolute atomic E-state index is 11.9. The Morgan fingerprint density at radius 1 is 1.37 bits per heavy atom. The van der Waals surface area contributed by atoms with Crippen LogP contribution in [0.1, 0.15) is 11.4 Å². The number of fused-ring (bicyclic) bond motifs is 1. The molecule has 0 aliphatic carbocycles. The Hall–Kier alpha value is -1.57. The van der Waals surface area contributed by atoms with Crippen molar-refractivity contribution >= 4 is 33.7 Å². The van der Waals surface area contributed by atoms with Crippen LogP contribution in [0.25, 0.3) is 11.1 Å². The average molecular weight is 369 g/mol. The summed E-state index contributed by atoms with van der Waals surface area (Å²) in [4.78, 5) is 11.9. The SMILES string of the molecule is Cc1cc(Cn2c(=O)oc3cc(I)ccc32)n(C)n1. The Balaban J connectivity index is 2.13. The normalized spacial score (nSPS) is 11.3. The molecule has 0 N–H and O–H groups in total. The van der Waals surface area contributed by atoms with Gasteiger partial charge in [0.25, 0.3) is 0 Å². The third kappa shape index (κ3) is 2.20. The van der Waals surface area contributed by atoms with Crippen LogP contribution in [0.5, 0.6) is 0 Å². The lowest BCUT2D eigenvalue weighted by Gasteiger charge is -2.02. The zero-order valence-electron chi connectivity index (χ0n) is 10.6. The summed E-state index contributed by atoms with van der Waals surface area (Å²) in [6.07, 6.45) is 0. The molecule has 0 amide bonds. The van der Waals surface area contributed by atoms with Crippen LogP contribution >= 0.6 is 22.6 Å². The van der Waals surface area contributed by atoms with Gasteiger partial charge in [-0.2, -0.15) is 5.10 Å². The van der Waals surface area contributed by atoms with E-state index < -0.39 is 0 Å². The van der Waals surface area contributed by atoms with E-state index in [-0.39, 0.29) is 5.76 Å². The van der Waals surface area contributed by atoms with Crippen molar-refractivity contribution in [3.05, 3.63) is 49.8 Å². The van der Waals surface area contributed by atoms with Gasteiger partial charge >= 0.3 is 5.76 Å². The molecule has 2 aromatic heterocycles. The van der Waals surface area contributed by atoms with E-state index in [2.05, 4.69) is 27.7 Å². The van der Waals surface area contributed by atoms with Crippen LogP contribution in [0.15, 0.2) is 33.5 Å². The van der Waals surface area contributed by atoms with Crippen LogP contribution < -0.4 is 5.76 Å². The highest BCUT2D eigenvalue weighted by atomic mass is 127. The maximum atomic E-state index is 11.9. The van der Waals surface area contributed by atoms with Gasteiger partial charge < -0.3 is 4.42 Å². The number of benzene rings is 1. The summed E-state index contributed by atoms with van der Waals surface area (Å²) >= 11 is 2.20. The smallest absolute Gasteiger partial charge is 0.408 e. The molecule has 0 fully saturated rings. The number of rotatable bonds is 2. The first kappa shape index (κ1) is 12.5. The number of aromatic nitrogens is 3. The van der Waals surface area contributed by atoms with Gasteiger partial charge in [0, 0.05) is 10.6 Å². The van der Waals surface area contributed by atoms with Crippen LogP contribution in [0, 0.1) is 10.5 Å². The maximum Gasteiger partial charge on any atom is 0.420 e. The molecule has 2 heterocycles. The van der Waals surface area contributed by atoms with E-state index in [4.69, 9.17) is 4.42 Å². The highest BCUT2D eigenvalue weighted by Gasteiger charge is 2.12. The monoisotopic (exact) mass is 369 g/mol. The summed E-state index contributed by atoms with van der Waals surface area (Å²) in [5, 5.41) is 4.28. The minimum atomic E-state index is -0.337. The lowest BCUT2D eigenvalue weighted by molar-refractivity contribution is 0.511. The fourth-order valence-electron chi connectivity index (χ4n) is 2.16. The van der Waals surface area contributed by atoms with Gasteiger partial charge in [-0.15, -0.1) is 0 Å². The second-order valence-electron chi connectivity index (χ2n) is 4.47. The third-order valence-corrected chi connectivity index (χ3v) is 3.72. The molecule has 0 unspecified atom stereocenters. The fraction of sp³-hybridized carbons (Fsp3) is 0.231. The van der Waals surface area contributed by atoms with Gasteiger partial charge in [0.2, 0.25) is 0 Å². The first-order valence-corrected chi connectivity index (χ1v) is 6.91. The summed E-state index contributed by atoms with van der Waals surface area (Å²) in [5.41, 5.74) is 3.34. The van der Waals surface area contributed by atoms with Gasteiger partial charge in [-0.3, -0.25) is 9.25 Å². The van der Waals surface area contributed by atoms with Crippen LogP contribution in [0.2, 0.25) is 0 Å². The highest BCUT2D eigenvalue weighted by Crippen LogP contribution is 2.17. The van der Waals surface area contributed by atoms with Crippen LogP contribution in [-0.2, 0) is 13.6 Å². The van der Waals surface area contributed by atoms with E-state index in [1.807, 2.05) is 38.2 Å². The van der Waals surface area contributed by atoms with Gasteiger partial charge in [-0.1, -0.05) is 0 Å².